The lowest BCUT2D eigenvalue weighted by Gasteiger charge is -2.32. The van der Waals surface area contributed by atoms with Crippen molar-refractivity contribution in [1.82, 2.24) is 0 Å². The van der Waals surface area contributed by atoms with E-state index in [1.165, 1.54) is 0 Å². The molecule has 4 aliphatic carbocycles. The molecule has 32 heavy (non-hydrogen) atoms. The summed E-state index contributed by atoms with van der Waals surface area (Å²) >= 11 is 0. The van der Waals surface area contributed by atoms with Gasteiger partial charge in [-0.15, -0.1) is 0 Å². The van der Waals surface area contributed by atoms with E-state index < -0.39 is 21.7 Å². The molecule has 0 radical (unpaired) electrons. The van der Waals surface area contributed by atoms with Crippen molar-refractivity contribution in [2.24, 2.45) is 33.5 Å². The van der Waals surface area contributed by atoms with Crippen molar-refractivity contribution in [2.75, 3.05) is 10.6 Å². The van der Waals surface area contributed by atoms with Gasteiger partial charge in [-0.1, -0.05) is 33.8 Å². The topological polar surface area (TPSA) is 92.3 Å². The van der Waals surface area contributed by atoms with Gasteiger partial charge in [0.05, 0.1) is 0 Å². The van der Waals surface area contributed by atoms with Crippen molar-refractivity contribution < 1.29 is 19.2 Å². The second kappa shape index (κ2) is 6.52. The molecule has 170 valence electrons. The van der Waals surface area contributed by atoms with Gasteiger partial charge in [-0.05, 0) is 68.6 Å². The summed E-state index contributed by atoms with van der Waals surface area (Å²) < 4.78 is 0. The molecule has 1 aromatic rings. The maximum Gasteiger partial charge on any atom is 0.238 e. The number of carbonyl (C=O) groups is 4. The highest BCUT2D eigenvalue weighted by molar-refractivity contribution is 6.16. The van der Waals surface area contributed by atoms with Crippen LogP contribution in [0, 0.1) is 33.5 Å². The van der Waals surface area contributed by atoms with E-state index in [9.17, 15) is 19.2 Å². The predicted octanol–water partition coefficient (Wildman–Crippen LogP) is 4.35. The van der Waals surface area contributed by atoms with Crippen LogP contribution in [0.2, 0.25) is 0 Å². The van der Waals surface area contributed by atoms with E-state index in [1.54, 1.807) is 24.3 Å². The minimum Gasteiger partial charge on any atom is -0.325 e. The third kappa shape index (κ3) is 2.64. The monoisotopic (exact) mass is 436 g/mol. The van der Waals surface area contributed by atoms with E-state index in [1.807, 2.05) is 27.7 Å². The van der Waals surface area contributed by atoms with Gasteiger partial charge in [0.15, 0.2) is 11.6 Å². The molecule has 2 N–H and O–H groups in total. The molecule has 4 aliphatic rings. The van der Waals surface area contributed by atoms with E-state index in [-0.39, 0.29) is 35.2 Å². The van der Waals surface area contributed by atoms with Crippen LogP contribution in [0.3, 0.4) is 0 Å². The van der Waals surface area contributed by atoms with Crippen molar-refractivity contribution in [3.05, 3.63) is 24.3 Å². The highest BCUT2D eigenvalue weighted by Crippen LogP contribution is 2.61. The average molecular weight is 437 g/mol. The van der Waals surface area contributed by atoms with Gasteiger partial charge in [-0.3, -0.25) is 19.2 Å². The molecule has 1 aromatic carbocycles. The van der Waals surface area contributed by atoms with E-state index in [4.69, 9.17) is 0 Å². The first-order chi connectivity index (χ1) is 14.9. The Bertz CT molecular complexity index is 978. The quantitative estimate of drug-likeness (QED) is 0.686. The first-order valence-electron chi connectivity index (χ1n) is 11.8. The largest absolute Gasteiger partial charge is 0.325 e. The summed E-state index contributed by atoms with van der Waals surface area (Å²) in [5.74, 6) is 0.108. The molecule has 0 unspecified atom stereocenters. The van der Waals surface area contributed by atoms with Gasteiger partial charge in [-0.25, -0.2) is 0 Å². The number of amides is 2. The molecular formula is C26H32N2O4. The Morgan fingerprint density at radius 3 is 1.53 bits per heavy atom. The highest BCUT2D eigenvalue weighted by Gasteiger charge is 2.66. The maximum absolute atomic E-state index is 13.2. The van der Waals surface area contributed by atoms with Crippen molar-refractivity contribution in [1.29, 1.82) is 0 Å². The first kappa shape index (κ1) is 21.4. The molecule has 0 aliphatic heterocycles. The normalized spacial score (nSPS) is 35.9. The second-order valence-electron chi connectivity index (χ2n) is 11.6. The zero-order valence-corrected chi connectivity index (χ0v) is 19.3. The fourth-order valence-electron chi connectivity index (χ4n) is 7.13. The van der Waals surface area contributed by atoms with Crippen molar-refractivity contribution >= 4 is 34.8 Å². The third-order valence-electron chi connectivity index (χ3n) is 9.36. The Morgan fingerprint density at radius 1 is 0.781 bits per heavy atom. The van der Waals surface area contributed by atoms with Gasteiger partial charge in [0.25, 0.3) is 0 Å². The molecule has 0 heterocycles. The number of ketones is 2. The molecule has 4 fully saturated rings. The summed E-state index contributed by atoms with van der Waals surface area (Å²) in [5, 5.41) is 5.86. The Balaban J connectivity index is 1.32. The Kier molecular flexibility index (Phi) is 4.35. The number of carbonyl (C=O) groups excluding carboxylic acids is 4. The third-order valence-corrected chi connectivity index (χ3v) is 9.36. The molecule has 6 heteroatoms. The maximum atomic E-state index is 13.2. The molecule has 4 atom stereocenters. The minimum absolute atomic E-state index is 0.0421. The van der Waals surface area contributed by atoms with Crippen LogP contribution < -0.4 is 10.6 Å². The van der Waals surface area contributed by atoms with E-state index in [0.29, 0.717) is 37.1 Å². The van der Waals surface area contributed by atoms with Crippen molar-refractivity contribution in [3.63, 3.8) is 0 Å². The Labute approximate surface area is 188 Å². The molecular weight excluding hydrogens is 404 g/mol. The summed E-state index contributed by atoms with van der Waals surface area (Å²) in [7, 11) is 0. The van der Waals surface area contributed by atoms with E-state index >= 15 is 0 Å². The molecule has 4 saturated carbocycles. The van der Waals surface area contributed by atoms with Gasteiger partial charge < -0.3 is 10.6 Å². The lowest BCUT2D eigenvalue weighted by molar-refractivity contribution is -0.143. The van der Waals surface area contributed by atoms with Gasteiger partial charge in [-0.2, -0.15) is 0 Å². The van der Waals surface area contributed by atoms with Crippen molar-refractivity contribution in [2.45, 2.75) is 66.2 Å². The minimum atomic E-state index is -0.937. The summed E-state index contributed by atoms with van der Waals surface area (Å²) in [6.45, 7) is 7.79. The number of hydrogen-bond acceptors (Lipinski definition) is 4. The fourth-order valence-corrected chi connectivity index (χ4v) is 7.13. The zero-order valence-electron chi connectivity index (χ0n) is 19.3. The standard InChI is InChI=1S/C26H32N2O4/c1-23(2)15-8-10-25(13-15,19(23)29)21(31)27-17-6-5-7-18(12-17)28-22(32)26-11-9-16(14-26)24(3,4)20(26)30/h5-7,12,15-16H,8-11,13-14H2,1-4H3,(H,27,31)(H,28,32)/t15-,16+,25-,26+. The van der Waals surface area contributed by atoms with Gasteiger partial charge >= 0.3 is 0 Å². The fraction of sp³-hybridized carbons (Fsp3) is 0.615. The van der Waals surface area contributed by atoms with Crippen LogP contribution in [0.1, 0.15) is 66.2 Å². The molecule has 0 saturated heterocycles. The molecule has 6 nitrogen and oxygen atoms in total. The lowest BCUT2D eigenvalue weighted by Crippen LogP contribution is -2.44. The Morgan fingerprint density at radius 2 is 1.19 bits per heavy atom. The number of benzene rings is 1. The van der Waals surface area contributed by atoms with Gasteiger partial charge in [0, 0.05) is 22.2 Å². The molecule has 5 rings (SSSR count). The molecule has 2 amide bonds. The summed E-state index contributed by atoms with van der Waals surface area (Å²) in [6.07, 6.45) is 4.23. The van der Waals surface area contributed by atoms with Crippen LogP contribution in [0.25, 0.3) is 0 Å². The number of nitrogens with one attached hydrogen (secondary N) is 2. The molecule has 0 spiro atoms. The summed E-state index contributed by atoms with van der Waals surface area (Å²) in [6, 6.07) is 6.98. The first-order valence-corrected chi connectivity index (χ1v) is 11.8. The molecule has 0 aromatic heterocycles. The summed E-state index contributed by atoms with van der Waals surface area (Å²) in [5.41, 5.74) is -1.69. The van der Waals surface area contributed by atoms with Crippen LogP contribution in [-0.2, 0) is 19.2 Å². The zero-order chi connectivity index (χ0) is 23.1. The number of Topliss-reactive ketones (excluding diaryl/α,β-unsaturated/α-hetero) is 2. The number of fused-ring (bicyclic) bond motifs is 4. The van der Waals surface area contributed by atoms with Crippen LogP contribution in [0.15, 0.2) is 24.3 Å². The smallest absolute Gasteiger partial charge is 0.238 e. The Hall–Kier alpha value is -2.50. The lowest BCUT2D eigenvalue weighted by atomic mass is 9.70. The highest BCUT2D eigenvalue weighted by atomic mass is 16.2. The van der Waals surface area contributed by atoms with Crippen molar-refractivity contribution in [3.8, 4) is 0 Å². The van der Waals surface area contributed by atoms with Crippen LogP contribution in [-0.4, -0.2) is 23.4 Å². The summed E-state index contributed by atoms with van der Waals surface area (Å²) in [4.78, 5) is 52.4. The molecule has 4 bridgehead atoms. The van der Waals surface area contributed by atoms with Gasteiger partial charge in [0.1, 0.15) is 10.8 Å². The number of hydrogen-bond donors (Lipinski definition) is 2. The van der Waals surface area contributed by atoms with Crippen LogP contribution >= 0.6 is 0 Å². The number of rotatable bonds is 4. The van der Waals surface area contributed by atoms with E-state index in [0.717, 1.165) is 12.8 Å². The van der Waals surface area contributed by atoms with E-state index in [2.05, 4.69) is 10.6 Å². The van der Waals surface area contributed by atoms with Crippen LogP contribution in [0.5, 0.6) is 0 Å². The van der Waals surface area contributed by atoms with Crippen LogP contribution in [0.4, 0.5) is 11.4 Å². The van der Waals surface area contributed by atoms with Gasteiger partial charge in [0.2, 0.25) is 11.8 Å². The number of anilines is 2. The average Bonchev–Trinajstić information content (AvgIpc) is 3.46. The predicted molar refractivity (Wildman–Crippen MR) is 121 cm³/mol. The second-order valence-corrected chi connectivity index (χ2v) is 11.6. The SMILES string of the molecule is CC1(C)C(=O)[C@@]2(C(=O)Nc3cccc(NC(=O)[C@@]45CC[C@@H](C4)C(C)(C)C5=O)c3)CC[C@@H]1C2.